The molecule has 1 heteroatoms. The SMILES string of the molecule is [CH2+]CCOCCC(C)C. The van der Waals surface area contributed by atoms with E-state index in [1.54, 1.807) is 0 Å². The highest BCUT2D eigenvalue weighted by molar-refractivity contribution is 4.43. The molecule has 0 fully saturated rings. The van der Waals surface area contributed by atoms with Gasteiger partial charge in [-0.2, -0.15) is 0 Å². The highest BCUT2D eigenvalue weighted by Gasteiger charge is 1.92. The molecule has 0 aliphatic heterocycles. The van der Waals surface area contributed by atoms with Crippen molar-refractivity contribution in [3.63, 3.8) is 0 Å². The van der Waals surface area contributed by atoms with Gasteiger partial charge in [-0.1, -0.05) is 13.8 Å². The Balaban J connectivity index is 2.75. The summed E-state index contributed by atoms with van der Waals surface area (Å²) < 4.78 is 5.23. The largest absolute Gasteiger partial charge is 0.377 e. The van der Waals surface area contributed by atoms with Gasteiger partial charge in [0.05, 0.1) is 13.5 Å². The maximum atomic E-state index is 5.23. The van der Waals surface area contributed by atoms with Gasteiger partial charge in [0.2, 0.25) is 0 Å². The van der Waals surface area contributed by atoms with Gasteiger partial charge in [0, 0.05) is 6.61 Å². The Bertz CT molecular complexity index is 50.5. The maximum absolute atomic E-state index is 5.23. The molecule has 0 spiro atoms. The quantitative estimate of drug-likeness (QED) is 0.408. The zero-order chi connectivity index (χ0) is 7.11. The van der Waals surface area contributed by atoms with Gasteiger partial charge in [0.1, 0.15) is 6.42 Å². The first-order valence-corrected chi connectivity index (χ1v) is 3.64. The molecule has 0 aliphatic carbocycles. The molecule has 0 rings (SSSR count). The van der Waals surface area contributed by atoms with E-state index < -0.39 is 0 Å². The third kappa shape index (κ3) is 7.83. The lowest BCUT2D eigenvalue weighted by Gasteiger charge is -2.02. The zero-order valence-corrected chi connectivity index (χ0v) is 6.52. The summed E-state index contributed by atoms with van der Waals surface area (Å²) >= 11 is 0. The summed E-state index contributed by atoms with van der Waals surface area (Å²) in [6.45, 7) is 9.79. The van der Waals surface area contributed by atoms with E-state index in [1.165, 1.54) is 6.42 Å². The van der Waals surface area contributed by atoms with Crippen molar-refractivity contribution in [3.05, 3.63) is 6.92 Å². The van der Waals surface area contributed by atoms with Crippen LogP contribution in [0.5, 0.6) is 0 Å². The first-order valence-electron chi connectivity index (χ1n) is 3.64. The predicted octanol–water partition coefficient (Wildman–Crippen LogP) is 2.27. The molecular weight excluding hydrogens is 112 g/mol. The maximum Gasteiger partial charge on any atom is 0.108 e. The standard InChI is InChI=1S/C8H17O/c1-4-6-9-7-5-8(2)3/h8H,1,4-7H2,2-3H3/q+1. The predicted molar refractivity (Wildman–Crippen MR) is 40.2 cm³/mol. The van der Waals surface area contributed by atoms with E-state index in [-0.39, 0.29) is 0 Å². The van der Waals surface area contributed by atoms with Gasteiger partial charge in [0.25, 0.3) is 0 Å². The molecular formula is C8H17O+. The topological polar surface area (TPSA) is 9.23 Å². The van der Waals surface area contributed by atoms with Crippen molar-refractivity contribution in [2.75, 3.05) is 13.2 Å². The van der Waals surface area contributed by atoms with Crippen LogP contribution in [0.15, 0.2) is 0 Å². The summed E-state index contributed by atoms with van der Waals surface area (Å²) in [6, 6.07) is 0. The molecule has 0 saturated carbocycles. The first kappa shape index (κ1) is 8.83. The molecule has 0 bridgehead atoms. The van der Waals surface area contributed by atoms with Crippen LogP contribution in [0.3, 0.4) is 0 Å². The van der Waals surface area contributed by atoms with Gasteiger partial charge in [-0.3, -0.25) is 0 Å². The molecule has 0 unspecified atom stereocenters. The average Bonchev–Trinajstić information content (AvgIpc) is 1.80. The van der Waals surface area contributed by atoms with Crippen molar-refractivity contribution < 1.29 is 4.74 Å². The Labute approximate surface area is 58.4 Å². The lowest BCUT2D eigenvalue weighted by molar-refractivity contribution is 0.127. The monoisotopic (exact) mass is 129 g/mol. The molecule has 1 nitrogen and oxygen atoms in total. The normalized spacial score (nSPS) is 10.6. The smallest absolute Gasteiger partial charge is 0.108 e. The van der Waals surface area contributed by atoms with Crippen LogP contribution >= 0.6 is 0 Å². The van der Waals surface area contributed by atoms with Crippen molar-refractivity contribution in [1.29, 1.82) is 0 Å². The summed E-state index contributed by atoms with van der Waals surface area (Å²) in [4.78, 5) is 0. The Hall–Kier alpha value is -0.170. The van der Waals surface area contributed by atoms with Gasteiger partial charge in [-0.05, 0) is 12.3 Å². The second-order valence-electron chi connectivity index (χ2n) is 2.65. The summed E-state index contributed by atoms with van der Waals surface area (Å²) in [5.74, 6) is 0.759. The molecule has 9 heavy (non-hydrogen) atoms. The molecule has 0 amide bonds. The van der Waals surface area contributed by atoms with Crippen LogP contribution in [0.1, 0.15) is 26.7 Å². The minimum Gasteiger partial charge on any atom is -0.377 e. The number of ether oxygens (including phenoxy) is 1. The molecule has 54 valence electrons. The number of rotatable bonds is 5. The Morgan fingerprint density at radius 1 is 1.33 bits per heavy atom. The lowest BCUT2D eigenvalue weighted by atomic mass is 10.1. The average molecular weight is 129 g/mol. The van der Waals surface area contributed by atoms with Gasteiger partial charge in [-0.15, -0.1) is 0 Å². The molecule has 0 radical (unpaired) electrons. The van der Waals surface area contributed by atoms with Crippen LogP contribution in [0.25, 0.3) is 0 Å². The highest BCUT2D eigenvalue weighted by atomic mass is 16.5. The van der Waals surface area contributed by atoms with Crippen molar-refractivity contribution in [2.45, 2.75) is 26.7 Å². The van der Waals surface area contributed by atoms with E-state index in [1.807, 2.05) is 0 Å². The zero-order valence-electron chi connectivity index (χ0n) is 6.52. The molecule has 0 heterocycles. The fourth-order valence-electron chi connectivity index (χ4n) is 0.523. The first-order chi connectivity index (χ1) is 4.27. The molecule has 0 aromatic carbocycles. The number of hydrogen-bond acceptors (Lipinski definition) is 1. The summed E-state index contributed by atoms with van der Waals surface area (Å²) in [5, 5.41) is 0. The van der Waals surface area contributed by atoms with Gasteiger partial charge in [0.15, 0.2) is 0 Å². The molecule has 0 saturated heterocycles. The molecule has 0 aliphatic rings. The van der Waals surface area contributed by atoms with Gasteiger partial charge < -0.3 is 4.74 Å². The molecule has 0 aromatic heterocycles. The second-order valence-corrected chi connectivity index (χ2v) is 2.65. The van der Waals surface area contributed by atoms with Crippen molar-refractivity contribution in [1.82, 2.24) is 0 Å². The molecule has 0 N–H and O–H groups in total. The van der Waals surface area contributed by atoms with Crippen LogP contribution in [0.4, 0.5) is 0 Å². The minimum atomic E-state index is 0.759. The fraction of sp³-hybridized carbons (Fsp3) is 0.875. The van der Waals surface area contributed by atoms with E-state index in [9.17, 15) is 0 Å². The Kier molecular flexibility index (Phi) is 5.85. The van der Waals surface area contributed by atoms with E-state index in [4.69, 9.17) is 4.74 Å². The Morgan fingerprint density at radius 3 is 2.44 bits per heavy atom. The van der Waals surface area contributed by atoms with Crippen molar-refractivity contribution >= 4 is 0 Å². The second kappa shape index (κ2) is 5.96. The summed E-state index contributed by atoms with van der Waals surface area (Å²) in [7, 11) is 0. The Morgan fingerprint density at radius 2 is 2.00 bits per heavy atom. The van der Waals surface area contributed by atoms with Crippen molar-refractivity contribution in [3.8, 4) is 0 Å². The third-order valence-corrected chi connectivity index (χ3v) is 1.13. The van der Waals surface area contributed by atoms with Crippen LogP contribution in [0, 0.1) is 12.8 Å². The molecule has 0 atom stereocenters. The fourth-order valence-corrected chi connectivity index (χ4v) is 0.523. The van der Waals surface area contributed by atoms with E-state index >= 15 is 0 Å². The van der Waals surface area contributed by atoms with Crippen molar-refractivity contribution in [2.24, 2.45) is 5.92 Å². The van der Waals surface area contributed by atoms with Crippen LogP contribution in [-0.2, 0) is 4.74 Å². The lowest BCUT2D eigenvalue weighted by Crippen LogP contribution is -1.99. The van der Waals surface area contributed by atoms with E-state index in [2.05, 4.69) is 20.8 Å². The minimum absolute atomic E-state index is 0.759. The highest BCUT2D eigenvalue weighted by Crippen LogP contribution is 1.98. The third-order valence-electron chi connectivity index (χ3n) is 1.13. The van der Waals surface area contributed by atoms with Crippen LogP contribution in [-0.4, -0.2) is 13.2 Å². The number of hydrogen-bond donors (Lipinski definition) is 0. The van der Waals surface area contributed by atoms with Gasteiger partial charge in [-0.25, -0.2) is 0 Å². The molecule has 0 aromatic rings. The van der Waals surface area contributed by atoms with Gasteiger partial charge >= 0.3 is 0 Å². The van der Waals surface area contributed by atoms with E-state index in [0.717, 1.165) is 25.6 Å². The van der Waals surface area contributed by atoms with E-state index in [0.29, 0.717) is 0 Å². The summed E-state index contributed by atoms with van der Waals surface area (Å²) in [5.41, 5.74) is 0. The van der Waals surface area contributed by atoms with Crippen LogP contribution < -0.4 is 0 Å². The summed E-state index contributed by atoms with van der Waals surface area (Å²) in [6.07, 6.45) is 2.05. The van der Waals surface area contributed by atoms with Crippen LogP contribution in [0.2, 0.25) is 0 Å².